The van der Waals surface area contributed by atoms with Gasteiger partial charge in [-0.1, -0.05) is 18.2 Å². The Morgan fingerprint density at radius 1 is 1.25 bits per heavy atom. The predicted molar refractivity (Wildman–Crippen MR) is 141 cm³/mol. The first-order valence-electron chi connectivity index (χ1n) is 12.8. The second kappa shape index (κ2) is 10.4. The van der Waals surface area contributed by atoms with Crippen LogP contribution in [0, 0.1) is 11.7 Å². The summed E-state index contributed by atoms with van der Waals surface area (Å²) in [5.74, 6) is -5.19. The van der Waals surface area contributed by atoms with Gasteiger partial charge >= 0.3 is 6.09 Å². The lowest BCUT2D eigenvalue weighted by Crippen LogP contribution is -2.50. The number of carboxylic acid groups (broad SMARTS) is 1. The Morgan fingerprint density at radius 2 is 1.95 bits per heavy atom. The van der Waals surface area contributed by atoms with Gasteiger partial charge in [0.05, 0.1) is 28.5 Å². The fourth-order valence-corrected chi connectivity index (χ4v) is 6.92. The summed E-state index contributed by atoms with van der Waals surface area (Å²) >= 11 is 0. The molecule has 0 saturated carbocycles. The van der Waals surface area contributed by atoms with E-state index in [2.05, 4.69) is 20.3 Å². The number of carbonyl (C=O) groups is 1. The van der Waals surface area contributed by atoms with E-state index in [-0.39, 0.29) is 53.1 Å². The lowest BCUT2D eigenvalue weighted by atomic mass is 9.89. The predicted octanol–water partition coefficient (Wildman–Crippen LogP) is 4.01. The monoisotopic (exact) mass is 579 g/mol. The molecule has 214 valence electrons. The van der Waals surface area contributed by atoms with Crippen molar-refractivity contribution in [2.24, 2.45) is 5.92 Å². The summed E-state index contributed by atoms with van der Waals surface area (Å²) in [6.07, 6.45) is -0.0160. The fourth-order valence-electron chi connectivity index (χ4n) is 5.43. The zero-order valence-corrected chi connectivity index (χ0v) is 22.3. The molecule has 5 rings (SSSR count). The highest BCUT2D eigenvalue weighted by atomic mass is 32.2. The van der Waals surface area contributed by atoms with Gasteiger partial charge < -0.3 is 20.3 Å². The van der Waals surface area contributed by atoms with E-state index >= 15 is 13.2 Å². The van der Waals surface area contributed by atoms with E-state index in [1.807, 2.05) is 0 Å². The summed E-state index contributed by atoms with van der Waals surface area (Å²) in [5.41, 5.74) is -0.546. The largest absolute Gasteiger partial charge is 0.465 e. The minimum absolute atomic E-state index is 0.0125. The molecule has 2 aliphatic heterocycles. The van der Waals surface area contributed by atoms with Gasteiger partial charge in [0.1, 0.15) is 33.4 Å². The number of pyridine rings is 1. The molecule has 40 heavy (non-hydrogen) atoms. The first kappa shape index (κ1) is 27.9. The quantitative estimate of drug-likeness (QED) is 0.381. The van der Waals surface area contributed by atoms with E-state index in [0.29, 0.717) is 23.8 Å². The number of anilines is 1. The second-order valence-electron chi connectivity index (χ2n) is 10.5. The van der Waals surface area contributed by atoms with Gasteiger partial charge in [-0.3, -0.25) is 4.79 Å². The van der Waals surface area contributed by atoms with E-state index < -0.39 is 51.6 Å². The molecular formula is C26H28F3N5O5S. The van der Waals surface area contributed by atoms with Gasteiger partial charge in [-0.25, -0.2) is 36.4 Å². The van der Waals surface area contributed by atoms with Gasteiger partial charge in [0.25, 0.3) is 11.5 Å². The third kappa shape index (κ3) is 5.49. The number of aromatic nitrogens is 3. The van der Waals surface area contributed by atoms with Crippen LogP contribution in [0.4, 0.5) is 23.8 Å². The molecule has 0 unspecified atom stereocenters. The highest BCUT2D eigenvalue weighted by Gasteiger charge is 2.43. The molecule has 2 fully saturated rings. The molecule has 1 aromatic carbocycles. The number of hydrogen-bond acceptors (Lipinski definition) is 7. The molecule has 0 radical (unpaired) electrons. The number of likely N-dealkylation sites (tertiary alicyclic amines) is 1. The minimum Gasteiger partial charge on any atom is -0.465 e. The average Bonchev–Trinajstić information content (AvgIpc) is 2.85. The standard InChI is InChI=1S/C26H28F3N5O5S/c1-14(17-3-2-4-20(21(17)27)26(28,29)10-15-11-34(12-15)25(36)37)32-22-19-9-18(16-5-7-40(38,39)8-6-16)24(35)33-23(19)31-13-30-22/h2-4,9,13-16H,5-8,10-12H2,1H3,(H,36,37)(H2,30,31,32,33,35)/t14-/m1/s1. The Balaban J connectivity index is 1.39. The lowest BCUT2D eigenvalue weighted by Gasteiger charge is -2.38. The first-order chi connectivity index (χ1) is 18.8. The molecule has 2 aliphatic rings. The van der Waals surface area contributed by atoms with Crippen molar-refractivity contribution in [1.29, 1.82) is 0 Å². The van der Waals surface area contributed by atoms with Crippen LogP contribution in [0.3, 0.4) is 0 Å². The average molecular weight is 580 g/mol. The summed E-state index contributed by atoms with van der Waals surface area (Å²) < 4.78 is 69.3. The Hall–Kier alpha value is -3.68. The molecule has 10 nitrogen and oxygen atoms in total. The molecule has 3 N–H and O–H groups in total. The van der Waals surface area contributed by atoms with Crippen LogP contribution in [-0.4, -0.2) is 64.1 Å². The Bertz CT molecular complexity index is 1610. The van der Waals surface area contributed by atoms with Crippen molar-refractivity contribution in [2.75, 3.05) is 29.9 Å². The summed E-state index contributed by atoms with van der Waals surface area (Å²) in [6.45, 7) is 1.54. The minimum atomic E-state index is -3.50. The van der Waals surface area contributed by atoms with E-state index in [4.69, 9.17) is 5.11 Å². The normalized spacial score (nSPS) is 18.9. The zero-order valence-electron chi connectivity index (χ0n) is 21.5. The maximum absolute atomic E-state index is 15.5. The third-order valence-electron chi connectivity index (χ3n) is 7.69. The van der Waals surface area contributed by atoms with E-state index in [0.717, 1.165) is 11.0 Å². The summed E-state index contributed by atoms with van der Waals surface area (Å²) in [5, 5.41) is 12.4. The smallest absolute Gasteiger partial charge is 0.407 e. The number of nitrogens with zero attached hydrogens (tertiary/aromatic N) is 3. The summed E-state index contributed by atoms with van der Waals surface area (Å²) in [4.78, 5) is 35.7. The van der Waals surface area contributed by atoms with Crippen LogP contribution in [0.5, 0.6) is 0 Å². The topological polar surface area (TPSA) is 145 Å². The number of halogens is 3. The van der Waals surface area contributed by atoms with E-state index in [9.17, 15) is 18.0 Å². The summed E-state index contributed by atoms with van der Waals surface area (Å²) in [7, 11) is -3.13. The number of rotatable bonds is 7. The molecule has 4 heterocycles. The zero-order chi connectivity index (χ0) is 28.8. The Morgan fingerprint density at radius 3 is 2.62 bits per heavy atom. The molecule has 14 heteroatoms. The number of fused-ring (bicyclic) bond motifs is 1. The van der Waals surface area contributed by atoms with Crippen LogP contribution in [0.1, 0.15) is 54.8 Å². The number of nitrogens with one attached hydrogen (secondary N) is 2. The molecule has 0 spiro atoms. The van der Waals surface area contributed by atoms with Crippen LogP contribution in [0.15, 0.2) is 35.4 Å². The number of aromatic amines is 1. The molecule has 0 bridgehead atoms. The maximum atomic E-state index is 15.5. The summed E-state index contributed by atoms with van der Waals surface area (Å²) in [6, 6.07) is 4.55. The fraction of sp³-hybridized carbons (Fsp3) is 0.462. The molecular weight excluding hydrogens is 551 g/mol. The van der Waals surface area contributed by atoms with Gasteiger partial charge in [-0.2, -0.15) is 0 Å². The molecule has 2 aromatic heterocycles. The Labute approximate surface area is 227 Å². The number of sulfone groups is 1. The van der Waals surface area contributed by atoms with Crippen molar-refractivity contribution in [3.8, 4) is 0 Å². The maximum Gasteiger partial charge on any atom is 0.407 e. The van der Waals surface area contributed by atoms with Crippen molar-refractivity contribution >= 4 is 32.8 Å². The van der Waals surface area contributed by atoms with Gasteiger partial charge in [-0.15, -0.1) is 0 Å². The van der Waals surface area contributed by atoms with Crippen LogP contribution < -0.4 is 10.9 Å². The number of H-pyrrole nitrogens is 1. The molecule has 0 aliphatic carbocycles. The molecule has 1 atom stereocenters. The number of alkyl halides is 2. The van der Waals surface area contributed by atoms with E-state index in [1.165, 1.54) is 18.5 Å². The van der Waals surface area contributed by atoms with Crippen molar-refractivity contribution < 1.29 is 31.5 Å². The van der Waals surface area contributed by atoms with Crippen LogP contribution in [0.2, 0.25) is 0 Å². The van der Waals surface area contributed by atoms with E-state index in [1.54, 1.807) is 13.0 Å². The highest BCUT2D eigenvalue weighted by molar-refractivity contribution is 7.91. The SMILES string of the molecule is C[C@@H](Nc1ncnc2[nH]c(=O)c(C3CCS(=O)(=O)CC3)cc12)c1cccc(C(F)(F)CC2CN(C(=O)O)C2)c1F. The molecule has 3 aromatic rings. The Kier molecular flexibility index (Phi) is 7.23. The van der Waals surface area contributed by atoms with Gasteiger partial charge in [0.2, 0.25) is 0 Å². The van der Waals surface area contributed by atoms with Gasteiger partial charge in [0.15, 0.2) is 0 Å². The van der Waals surface area contributed by atoms with Crippen molar-refractivity contribution in [1.82, 2.24) is 19.9 Å². The lowest BCUT2D eigenvalue weighted by molar-refractivity contribution is -0.0553. The number of benzene rings is 1. The number of amides is 1. The molecule has 1 amide bonds. The van der Waals surface area contributed by atoms with Gasteiger partial charge in [-0.05, 0) is 31.7 Å². The van der Waals surface area contributed by atoms with Crippen molar-refractivity contribution in [3.05, 3.63) is 63.5 Å². The van der Waals surface area contributed by atoms with Crippen molar-refractivity contribution in [2.45, 2.75) is 44.1 Å². The second-order valence-corrected chi connectivity index (χ2v) is 12.8. The van der Waals surface area contributed by atoms with Crippen LogP contribution >= 0.6 is 0 Å². The van der Waals surface area contributed by atoms with Gasteiger partial charge in [0, 0.05) is 36.6 Å². The van der Waals surface area contributed by atoms with Crippen LogP contribution in [0.25, 0.3) is 11.0 Å². The number of hydrogen-bond donors (Lipinski definition) is 3. The van der Waals surface area contributed by atoms with Crippen molar-refractivity contribution in [3.63, 3.8) is 0 Å². The molecule has 2 saturated heterocycles. The van der Waals surface area contributed by atoms with Crippen LogP contribution in [-0.2, 0) is 15.8 Å². The highest BCUT2D eigenvalue weighted by Crippen LogP contribution is 2.40. The third-order valence-corrected chi connectivity index (χ3v) is 9.40. The first-order valence-corrected chi connectivity index (χ1v) is 14.7.